The van der Waals surface area contributed by atoms with Gasteiger partial charge < -0.3 is 5.21 Å². The minimum atomic E-state index is -2.99. The van der Waals surface area contributed by atoms with Gasteiger partial charge in [0, 0.05) is 4.92 Å². The zero-order chi connectivity index (χ0) is 10.6. The molecular weight excluding hydrogens is 186 g/mol. The Kier molecular flexibility index (Phi) is 3.70. The minimum absolute atomic E-state index is 0.698. The van der Waals surface area contributed by atoms with Gasteiger partial charge >= 0.3 is 0 Å². The third-order valence-electron chi connectivity index (χ3n) is 1.53. The molecule has 0 aromatic heterocycles. The molecule has 0 saturated heterocycles. The zero-order valence-electron chi connectivity index (χ0n) is 7.20. The van der Waals surface area contributed by atoms with Crippen molar-refractivity contribution in [2.45, 2.75) is 20.3 Å². The van der Waals surface area contributed by atoms with Crippen molar-refractivity contribution in [3.63, 3.8) is 0 Å². The summed E-state index contributed by atoms with van der Waals surface area (Å²) in [5.41, 5.74) is -2.31. The monoisotopic (exact) mass is 196 g/mol. The van der Waals surface area contributed by atoms with E-state index >= 15 is 0 Å². The molecule has 13 heavy (non-hydrogen) atoms. The molecule has 76 valence electrons. The average Bonchev–Trinajstić information content (AvgIpc) is 1.82. The summed E-state index contributed by atoms with van der Waals surface area (Å²) in [5.74, 6) is 0. The number of hydrogen-bond acceptors (Lipinski definition) is 4. The zero-order valence-corrected chi connectivity index (χ0v) is 7.20. The number of alkyl halides is 2. The van der Waals surface area contributed by atoms with Crippen LogP contribution in [0.2, 0.25) is 0 Å². The lowest BCUT2D eigenvalue weighted by Gasteiger charge is -2.19. The summed E-state index contributed by atoms with van der Waals surface area (Å²) in [7, 11) is 0. The van der Waals surface area contributed by atoms with Gasteiger partial charge in [0.25, 0.3) is 6.43 Å². The Balaban J connectivity index is 4.68. The molecule has 1 N–H and O–H groups in total. The lowest BCUT2D eigenvalue weighted by Crippen LogP contribution is -2.36. The van der Waals surface area contributed by atoms with E-state index in [0.29, 0.717) is 0 Å². The van der Waals surface area contributed by atoms with Gasteiger partial charge in [-0.15, -0.1) is 0 Å². The van der Waals surface area contributed by atoms with Crippen LogP contribution < -0.4 is 0 Å². The molecule has 0 aromatic carbocycles. The maximum atomic E-state index is 12.1. The number of nitrogens with zero attached hydrogens (tertiary/aromatic N) is 2. The third kappa shape index (κ3) is 3.30. The smallest absolute Gasteiger partial charge is 0.280 e. The Morgan fingerprint density at radius 2 is 2.15 bits per heavy atom. The Labute approximate surface area is 73.2 Å². The second-order valence-corrected chi connectivity index (χ2v) is 3.16. The van der Waals surface area contributed by atoms with Crippen LogP contribution in [0, 0.1) is 15.5 Å². The fourth-order valence-electron chi connectivity index (χ4n) is 0.878. The largest absolute Gasteiger partial charge is 0.411 e. The molecule has 0 aliphatic rings. The first-order valence-corrected chi connectivity index (χ1v) is 3.43. The molecule has 0 unspecified atom stereocenters. The number of rotatable bonds is 4. The van der Waals surface area contributed by atoms with Crippen LogP contribution in [-0.4, -0.2) is 28.8 Å². The topological polar surface area (TPSA) is 75.7 Å². The van der Waals surface area contributed by atoms with E-state index in [4.69, 9.17) is 5.21 Å². The molecule has 0 saturated carbocycles. The first-order chi connectivity index (χ1) is 5.81. The summed E-state index contributed by atoms with van der Waals surface area (Å²) in [6.45, 7) is 1.74. The number of nitro groups is 1. The molecule has 0 fully saturated rings. The first-order valence-electron chi connectivity index (χ1n) is 3.43. The van der Waals surface area contributed by atoms with E-state index in [1.807, 2.05) is 0 Å². The summed E-state index contributed by atoms with van der Waals surface area (Å²) < 4.78 is 24.3. The maximum Gasteiger partial charge on any atom is 0.280 e. The average molecular weight is 196 g/mol. The van der Waals surface area contributed by atoms with Crippen molar-refractivity contribution in [1.29, 1.82) is 0 Å². The van der Waals surface area contributed by atoms with Gasteiger partial charge in [0.15, 0.2) is 0 Å². The molecule has 0 spiro atoms. The standard InChI is InChI=1S/C6H10F2N2O3/c1-6(2,3-10(12)13)4(9-11)5(7)8/h5,11H,3H2,1-2H3. The highest BCUT2D eigenvalue weighted by atomic mass is 19.3. The van der Waals surface area contributed by atoms with Crippen molar-refractivity contribution < 1.29 is 18.9 Å². The molecule has 0 aliphatic carbocycles. The van der Waals surface area contributed by atoms with Crippen LogP contribution >= 0.6 is 0 Å². The Hall–Kier alpha value is -1.27. The van der Waals surface area contributed by atoms with Crippen LogP contribution in [0.5, 0.6) is 0 Å². The molecule has 0 aliphatic heterocycles. The Morgan fingerprint density at radius 3 is 2.38 bits per heavy atom. The van der Waals surface area contributed by atoms with Crippen molar-refractivity contribution in [3.8, 4) is 0 Å². The molecular formula is C6H10F2N2O3. The van der Waals surface area contributed by atoms with Crippen LogP contribution in [0.25, 0.3) is 0 Å². The van der Waals surface area contributed by atoms with Gasteiger partial charge in [-0.2, -0.15) is 0 Å². The Morgan fingerprint density at radius 1 is 1.69 bits per heavy atom. The van der Waals surface area contributed by atoms with E-state index in [1.165, 1.54) is 13.8 Å². The van der Waals surface area contributed by atoms with Gasteiger partial charge in [-0.05, 0) is 13.8 Å². The fraction of sp³-hybridized carbons (Fsp3) is 0.833. The lowest BCUT2D eigenvalue weighted by atomic mass is 9.87. The quantitative estimate of drug-likeness (QED) is 0.319. The second-order valence-electron chi connectivity index (χ2n) is 3.16. The van der Waals surface area contributed by atoms with E-state index in [9.17, 15) is 18.9 Å². The van der Waals surface area contributed by atoms with Crippen molar-refractivity contribution in [2.75, 3.05) is 6.54 Å². The summed E-state index contributed by atoms with van der Waals surface area (Å²) in [6.07, 6.45) is -2.99. The molecule has 0 rings (SSSR count). The summed E-state index contributed by atoms with van der Waals surface area (Å²) in [4.78, 5) is 9.35. The van der Waals surface area contributed by atoms with Crippen LogP contribution in [0.15, 0.2) is 5.16 Å². The van der Waals surface area contributed by atoms with Gasteiger partial charge in [-0.25, -0.2) is 8.78 Å². The Bertz CT molecular complexity index is 228. The SMILES string of the molecule is CC(C)(C[N+](=O)[O-])C(=NO)C(F)F. The van der Waals surface area contributed by atoms with Crippen molar-refractivity contribution in [2.24, 2.45) is 10.6 Å². The molecule has 0 atom stereocenters. The normalized spacial score (nSPS) is 13.5. The van der Waals surface area contributed by atoms with Gasteiger partial charge in [0.1, 0.15) is 5.71 Å². The van der Waals surface area contributed by atoms with Crippen LogP contribution in [-0.2, 0) is 0 Å². The molecule has 0 heterocycles. The molecule has 0 radical (unpaired) electrons. The van der Waals surface area contributed by atoms with E-state index in [0.717, 1.165) is 0 Å². The highest BCUT2D eigenvalue weighted by molar-refractivity contribution is 5.91. The fourth-order valence-corrected chi connectivity index (χ4v) is 0.878. The van der Waals surface area contributed by atoms with E-state index in [2.05, 4.69) is 5.16 Å². The van der Waals surface area contributed by atoms with Crippen molar-refractivity contribution >= 4 is 5.71 Å². The van der Waals surface area contributed by atoms with Gasteiger partial charge in [0.05, 0.1) is 5.41 Å². The van der Waals surface area contributed by atoms with Crippen LogP contribution in [0.4, 0.5) is 8.78 Å². The summed E-state index contributed by atoms with van der Waals surface area (Å²) >= 11 is 0. The molecule has 5 nitrogen and oxygen atoms in total. The van der Waals surface area contributed by atoms with E-state index < -0.39 is 29.0 Å². The van der Waals surface area contributed by atoms with Crippen LogP contribution in [0.1, 0.15) is 13.8 Å². The van der Waals surface area contributed by atoms with Crippen LogP contribution in [0.3, 0.4) is 0 Å². The van der Waals surface area contributed by atoms with Gasteiger partial charge in [0.2, 0.25) is 6.54 Å². The van der Waals surface area contributed by atoms with Gasteiger partial charge in [-0.3, -0.25) is 10.1 Å². The van der Waals surface area contributed by atoms with E-state index in [-0.39, 0.29) is 0 Å². The molecule has 7 heteroatoms. The molecule has 0 amide bonds. The third-order valence-corrected chi connectivity index (χ3v) is 1.53. The predicted octanol–water partition coefficient (Wildman–Crippen LogP) is 1.38. The highest BCUT2D eigenvalue weighted by Crippen LogP contribution is 2.22. The molecule has 0 aromatic rings. The minimum Gasteiger partial charge on any atom is -0.411 e. The molecule has 0 bridgehead atoms. The maximum absolute atomic E-state index is 12.1. The van der Waals surface area contributed by atoms with E-state index in [1.54, 1.807) is 0 Å². The first kappa shape index (κ1) is 11.7. The number of oxime groups is 1. The second kappa shape index (κ2) is 4.11. The predicted molar refractivity (Wildman–Crippen MR) is 40.9 cm³/mol. The highest BCUT2D eigenvalue weighted by Gasteiger charge is 2.37. The summed E-state index contributed by atoms with van der Waals surface area (Å²) in [6, 6.07) is 0. The van der Waals surface area contributed by atoms with Crippen molar-refractivity contribution in [1.82, 2.24) is 0 Å². The number of halogens is 2. The number of hydrogen-bond donors (Lipinski definition) is 1. The summed E-state index contributed by atoms with van der Waals surface area (Å²) in [5, 5.41) is 20.7. The van der Waals surface area contributed by atoms with Crippen molar-refractivity contribution in [3.05, 3.63) is 10.1 Å². The van der Waals surface area contributed by atoms with Gasteiger partial charge in [-0.1, -0.05) is 5.16 Å². The lowest BCUT2D eigenvalue weighted by molar-refractivity contribution is -0.491.